The number of amidine groups is 1. The third-order valence-corrected chi connectivity index (χ3v) is 2.96. The van der Waals surface area contributed by atoms with Crippen LogP contribution in [0.3, 0.4) is 0 Å². The van der Waals surface area contributed by atoms with Crippen LogP contribution < -0.4 is 5.32 Å². The topological polar surface area (TPSA) is 37.3 Å². The van der Waals surface area contributed by atoms with Gasteiger partial charge in [0, 0.05) is 31.4 Å². The zero-order valence-corrected chi connectivity index (χ0v) is 9.82. The smallest absolute Gasteiger partial charge is 0.0967 e. The summed E-state index contributed by atoms with van der Waals surface area (Å²) in [7, 11) is 0. The van der Waals surface area contributed by atoms with Gasteiger partial charge in [-0.25, -0.2) is 0 Å². The van der Waals surface area contributed by atoms with Crippen molar-refractivity contribution >= 4 is 5.84 Å². The molecule has 0 bridgehead atoms. The van der Waals surface area contributed by atoms with Gasteiger partial charge in [0.2, 0.25) is 0 Å². The first kappa shape index (κ1) is 11.1. The Morgan fingerprint density at radius 3 is 2.81 bits per heavy atom. The lowest BCUT2D eigenvalue weighted by atomic mass is 10.1. The molecule has 1 aromatic rings. The Balaban J connectivity index is 1.96. The Morgan fingerprint density at radius 2 is 2.00 bits per heavy atom. The first-order valence-electron chi connectivity index (χ1n) is 6.06. The van der Waals surface area contributed by atoms with Crippen LogP contribution >= 0.6 is 0 Å². The standard InChI is InChI=1S/C13H19N3/c1-11(12-6-9-14-10-7-12)16-13-5-3-2-4-8-15-13/h6-7,9-11H,2-5,8H2,1H3,(H,15,16). The van der Waals surface area contributed by atoms with Gasteiger partial charge in [-0.15, -0.1) is 0 Å². The van der Waals surface area contributed by atoms with Gasteiger partial charge in [0.05, 0.1) is 5.84 Å². The molecule has 1 N–H and O–H groups in total. The molecule has 1 unspecified atom stereocenters. The average molecular weight is 217 g/mol. The van der Waals surface area contributed by atoms with Crippen molar-refractivity contribution in [1.82, 2.24) is 10.3 Å². The number of aliphatic imine (C=N–C) groups is 1. The van der Waals surface area contributed by atoms with Crippen LogP contribution in [-0.4, -0.2) is 17.4 Å². The van der Waals surface area contributed by atoms with E-state index in [0.29, 0.717) is 6.04 Å². The van der Waals surface area contributed by atoms with Gasteiger partial charge < -0.3 is 5.32 Å². The van der Waals surface area contributed by atoms with Gasteiger partial charge in [0.1, 0.15) is 0 Å². The number of pyridine rings is 1. The number of rotatable bonds is 2. The molecule has 0 radical (unpaired) electrons. The lowest BCUT2D eigenvalue weighted by Gasteiger charge is -2.16. The summed E-state index contributed by atoms with van der Waals surface area (Å²) in [5.41, 5.74) is 1.27. The number of nitrogens with one attached hydrogen (secondary N) is 1. The average Bonchev–Trinajstić information content (AvgIpc) is 2.59. The normalized spacial score (nSPS) is 18.4. The van der Waals surface area contributed by atoms with Gasteiger partial charge in [0.15, 0.2) is 0 Å². The maximum Gasteiger partial charge on any atom is 0.0967 e. The van der Waals surface area contributed by atoms with E-state index < -0.39 is 0 Å². The summed E-state index contributed by atoms with van der Waals surface area (Å²) in [5.74, 6) is 1.17. The predicted molar refractivity (Wildman–Crippen MR) is 66.6 cm³/mol. The summed E-state index contributed by atoms with van der Waals surface area (Å²) in [4.78, 5) is 8.61. The molecule has 1 aliphatic heterocycles. The highest BCUT2D eigenvalue weighted by atomic mass is 15.0. The first-order chi connectivity index (χ1) is 7.86. The zero-order chi connectivity index (χ0) is 11.2. The Morgan fingerprint density at radius 1 is 1.19 bits per heavy atom. The molecule has 16 heavy (non-hydrogen) atoms. The summed E-state index contributed by atoms with van der Waals surface area (Å²) >= 11 is 0. The van der Waals surface area contributed by atoms with E-state index in [1.54, 1.807) is 0 Å². The van der Waals surface area contributed by atoms with Crippen LogP contribution in [-0.2, 0) is 0 Å². The summed E-state index contributed by atoms with van der Waals surface area (Å²) in [6.45, 7) is 3.15. The molecule has 0 aliphatic carbocycles. The third kappa shape index (κ3) is 3.05. The summed E-state index contributed by atoms with van der Waals surface area (Å²) in [6, 6.07) is 4.42. The summed E-state index contributed by atoms with van der Waals surface area (Å²) in [5, 5.41) is 3.50. The van der Waals surface area contributed by atoms with Crippen LogP contribution in [0.2, 0.25) is 0 Å². The minimum Gasteiger partial charge on any atom is -0.367 e. The quantitative estimate of drug-likeness (QED) is 0.827. The van der Waals surface area contributed by atoms with Crippen LogP contribution in [0.5, 0.6) is 0 Å². The highest BCUT2D eigenvalue weighted by Gasteiger charge is 2.09. The molecule has 0 fully saturated rings. The number of hydrogen-bond donors (Lipinski definition) is 1. The fourth-order valence-corrected chi connectivity index (χ4v) is 1.98. The molecular formula is C13H19N3. The zero-order valence-electron chi connectivity index (χ0n) is 9.82. The molecule has 3 heteroatoms. The van der Waals surface area contributed by atoms with Gasteiger partial charge in [-0.05, 0) is 37.5 Å². The van der Waals surface area contributed by atoms with Crippen molar-refractivity contribution in [2.24, 2.45) is 4.99 Å². The highest BCUT2D eigenvalue weighted by Crippen LogP contribution is 2.13. The second-order valence-corrected chi connectivity index (χ2v) is 4.29. The summed E-state index contributed by atoms with van der Waals surface area (Å²) in [6.07, 6.45) is 8.56. The first-order valence-corrected chi connectivity index (χ1v) is 6.06. The van der Waals surface area contributed by atoms with Crippen LogP contribution in [0, 0.1) is 0 Å². The molecule has 0 saturated carbocycles. The molecule has 3 nitrogen and oxygen atoms in total. The van der Waals surface area contributed by atoms with Crippen LogP contribution in [0.25, 0.3) is 0 Å². The maximum atomic E-state index is 4.58. The van der Waals surface area contributed by atoms with E-state index in [-0.39, 0.29) is 0 Å². The molecule has 2 rings (SSSR count). The number of aromatic nitrogens is 1. The Labute approximate surface area is 97.0 Å². The Kier molecular flexibility index (Phi) is 3.91. The molecule has 86 valence electrons. The fraction of sp³-hybridized carbons (Fsp3) is 0.538. The molecule has 0 saturated heterocycles. The van der Waals surface area contributed by atoms with Crippen molar-refractivity contribution in [3.63, 3.8) is 0 Å². The molecule has 0 aromatic carbocycles. The Hall–Kier alpha value is -1.38. The van der Waals surface area contributed by atoms with Gasteiger partial charge in [-0.1, -0.05) is 6.42 Å². The molecule has 0 spiro atoms. The largest absolute Gasteiger partial charge is 0.367 e. The van der Waals surface area contributed by atoms with Crippen molar-refractivity contribution in [3.05, 3.63) is 30.1 Å². The van der Waals surface area contributed by atoms with Crippen molar-refractivity contribution in [2.45, 2.75) is 38.6 Å². The minimum absolute atomic E-state index is 0.319. The number of hydrogen-bond acceptors (Lipinski definition) is 3. The van der Waals surface area contributed by atoms with E-state index in [1.165, 1.54) is 30.7 Å². The molecule has 1 atom stereocenters. The van der Waals surface area contributed by atoms with Gasteiger partial charge in [0.25, 0.3) is 0 Å². The van der Waals surface area contributed by atoms with E-state index in [1.807, 2.05) is 12.4 Å². The van der Waals surface area contributed by atoms with Crippen molar-refractivity contribution in [2.75, 3.05) is 6.54 Å². The van der Waals surface area contributed by atoms with Crippen LogP contribution in [0.4, 0.5) is 0 Å². The second-order valence-electron chi connectivity index (χ2n) is 4.29. The predicted octanol–water partition coefficient (Wildman–Crippen LogP) is 2.70. The van der Waals surface area contributed by atoms with Gasteiger partial charge in [-0.2, -0.15) is 0 Å². The minimum atomic E-state index is 0.319. The van der Waals surface area contributed by atoms with E-state index in [4.69, 9.17) is 0 Å². The Bertz CT molecular complexity index is 345. The lowest BCUT2D eigenvalue weighted by molar-refractivity contribution is 0.692. The van der Waals surface area contributed by atoms with Gasteiger partial charge >= 0.3 is 0 Å². The molecule has 1 aromatic heterocycles. The maximum absolute atomic E-state index is 4.58. The number of nitrogens with zero attached hydrogens (tertiary/aromatic N) is 2. The molecule has 2 heterocycles. The molecule has 1 aliphatic rings. The second kappa shape index (κ2) is 5.64. The highest BCUT2D eigenvalue weighted by molar-refractivity contribution is 5.82. The van der Waals surface area contributed by atoms with E-state index in [0.717, 1.165) is 13.0 Å². The van der Waals surface area contributed by atoms with Gasteiger partial charge in [-0.3, -0.25) is 9.98 Å². The summed E-state index contributed by atoms with van der Waals surface area (Å²) < 4.78 is 0. The molecule has 0 amide bonds. The lowest BCUT2D eigenvalue weighted by Crippen LogP contribution is -2.26. The van der Waals surface area contributed by atoms with Crippen LogP contribution in [0.1, 0.15) is 44.2 Å². The van der Waals surface area contributed by atoms with E-state index in [9.17, 15) is 0 Å². The fourth-order valence-electron chi connectivity index (χ4n) is 1.98. The monoisotopic (exact) mass is 217 g/mol. The SMILES string of the molecule is CC(NC1=NCCCCC1)c1ccncc1. The van der Waals surface area contributed by atoms with Crippen LogP contribution in [0.15, 0.2) is 29.5 Å². The van der Waals surface area contributed by atoms with Crippen molar-refractivity contribution in [3.8, 4) is 0 Å². The molecular weight excluding hydrogens is 198 g/mol. The third-order valence-electron chi connectivity index (χ3n) is 2.96. The van der Waals surface area contributed by atoms with E-state index >= 15 is 0 Å². The van der Waals surface area contributed by atoms with Crippen molar-refractivity contribution in [1.29, 1.82) is 0 Å². The van der Waals surface area contributed by atoms with Crippen molar-refractivity contribution < 1.29 is 0 Å². The van der Waals surface area contributed by atoms with E-state index in [2.05, 4.69) is 34.3 Å².